The molecule has 76 valence electrons. The minimum Gasteiger partial charge on any atom is -0.448 e. The molecule has 0 saturated heterocycles. The van der Waals surface area contributed by atoms with E-state index in [2.05, 4.69) is 25.7 Å². The molecule has 0 aliphatic heterocycles. The van der Waals surface area contributed by atoms with Crippen LogP contribution in [0.3, 0.4) is 0 Å². The van der Waals surface area contributed by atoms with E-state index in [-0.39, 0.29) is 12.1 Å². The first-order chi connectivity index (χ1) is 6.65. The zero-order chi connectivity index (χ0) is 10.6. The number of hydrogen-bond acceptors (Lipinski definition) is 3. The summed E-state index contributed by atoms with van der Waals surface area (Å²) in [7, 11) is 0. The normalized spacial score (nSPS) is 11.4. The number of amides is 1. The lowest BCUT2D eigenvalue weighted by Crippen LogP contribution is -2.20. The zero-order valence-corrected chi connectivity index (χ0v) is 9.06. The van der Waals surface area contributed by atoms with E-state index in [1.165, 1.54) is 6.07 Å². The second-order valence-corrected chi connectivity index (χ2v) is 3.14. The molecule has 0 spiro atoms. The molecule has 5 nitrogen and oxygen atoms in total. The van der Waals surface area contributed by atoms with Gasteiger partial charge in [-0.05, 0) is 35.0 Å². The van der Waals surface area contributed by atoms with E-state index in [1.54, 1.807) is 19.1 Å². The summed E-state index contributed by atoms with van der Waals surface area (Å²) in [5.41, 5.74) is 0.109. The van der Waals surface area contributed by atoms with E-state index in [9.17, 15) is 10.0 Å². The average molecular weight is 261 g/mol. The maximum absolute atomic E-state index is 10.9. The molecule has 0 aliphatic carbocycles. The lowest BCUT2D eigenvalue weighted by Gasteiger charge is -2.00. The number of carbonyl (C=O) groups is 1. The average Bonchev–Trinajstić information content (AvgIpc) is 2.13. The monoisotopic (exact) mass is 260 g/mol. The maximum atomic E-state index is 10.9. The Kier molecular flexibility index (Phi) is 3.70. The Labute approximate surface area is 88.7 Å². The third-order valence-electron chi connectivity index (χ3n) is 1.37. The number of hydrogen-bond donors (Lipinski definition) is 1. The fourth-order valence-electron chi connectivity index (χ4n) is 0.798. The molecule has 0 fully saturated rings. The summed E-state index contributed by atoms with van der Waals surface area (Å²) < 4.78 is 5.75. The smallest absolute Gasteiger partial charge is 0.435 e. The van der Waals surface area contributed by atoms with Crippen LogP contribution < -0.4 is 5.49 Å². The Morgan fingerprint density at radius 3 is 3.07 bits per heavy atom. The molecule has 0 aromatic carbocycles. The van der Waals surface area contributed by atoms with Gasteiger partial charge in [-0.3, -0.25) is 0 Å². The Balaban J connectivity index is 3.06. The number of ether oxygens (including phenoxy) is 1. The van der Waals surface area contributed by atoms with E-state index in [1.807, 2.05) is 0 Å². The Hall–Kier alpha value is -1.30. The van der Waals surface area contributed by atoms with Gasteiger partial charge in [-0.1, -0.05) is 6.07 Å². The summed E-state index contributed by atoms with van der Waals surface area (Å²) in [5.74, 6) is 0. The first kappa shape index (κ1) is 10.8. The summed E-state index contributed by atoms with van der Waals surface area (Å²) in [5, 5.41) is 9.38. The van der Waals surface area contributed by atoms with Gasteiger partial charge in [0.05, 0.1) is 6.61 Å². The number of rotatable bonds is 1. The third kappa shape index (κ3) is 2.59. The van der Waals surface area contributed by atoms with Crippen molar-refractivity contribution >= 4 is 22.0 Å². The van der Waals surface area contributed by atoms with Crippen LogP contribution in [0.15, 0.2) is 27.8 Å². The molecule has 0 unspecified atom stereocenters. The van der Waals surface area contributed by atoms with Crippen molar-refractivity contribution in [3.8, 4) is 0 Å². The Morgan fingerprint density at radius 1 is 1.71 bits per heavy atom. The van der Waals surface area contributed by atoms with Crippen LogP contribution in [0.25, 0.3) is 0 Å². The van der Waals surface area contributed by atoms with Crippen molar-refractivity contribution in [3.63, 3.8) is 0 Å². The predicted molar refractivity (Wildman–Crippen MR) is 51.9 cm³/mol. The van der Waals surface area contributed by atoms with Gasteiger partial charge in [0.25, 0.3) is 0 Å². The van der Waals surface area contributed by atoms with Gasteiger partial charge in [0.1, 0.15) is 4.60 Å². The highest BCUT2D eigenvalue weighted by atomic mass is 79.9. The highest BCUT2D eigenvalue weighted by Crippen LogP contribution is 2.02. The van der Waals surface area contributed by atoms with Gasteiger partial charge in [0.2, 0.25) is 0 Å². The minimum atomic E-state index is -0.728. The van der Waals surface area contributed by atoms with Crippen molar-refractivity contribution in [2.24, 2.45) is 4.99 Å². The molecule has 1 aromatic heterocycles. The van der Waals surface area contributed by atoms with Crippen molar-refractivity contribution in [2.45, 2.75) is 6.92 Å². The molecule has 6 heteroatoms. The van der Waals surface area contributed by atoms with E-state index < -0.39 is 6.09 Å². The van der Waals surface area contributed by atoms with Gasteiger partial charge in [-0.15, -0.1) is 0 Å². The van der Waals surface area contributed by atoms with Crippen LogP contribution in [0.2, 0.25) is 0 Å². The SMILES string of the molecule is CCOC(=O)/N=c1\cccc(Br)n1O. The largest absolute Gasteiger partial charge is 0.448 e. The van der Waals surface area contributed by atoms with Gasteiger partial charge in [0.15, 0.2) is 5.49 Å². The summed E-state index contributed by atoms with van der Waals surface area (Å²) >= 11 is 3.08. The number of nitrogens with zero attached hydrogens (tertiary/aromatic N) is 2. The number of pyridine rings is 1. The summed E-state index contributed by atoms with van der Waals surface area (Å²) in [6.45, 7) is 1.93. The zero-order valence-electron chi connectivity index (χ0n) is 7.48. The standard InChI is InChI=1S/C8H9BrN2O3/c1-2-14-8(12)10-7-5-3-4-6(9)11(7)13/h3-5,13H,2H2,1H3/b10-7+. The van der Waals surface area contributed by atoms with E-state index in [4.69, 9.17) is 0 Å². The van der Waals surface area contributed by atoms with Gasteiger partial charge in [-0.25, -0.2) is 4.79 Å². The lowest BCUT2D eigenvalue weighted by molar-refractivity contribution is 0.151. The molecular weight excluding hydrogens is 252 g/mol. The van der Waals surface area contributed by atoms with Crippen molar-refractivity contribution in [1.29, 1.82) is 0 Å². The molecule has 0 saturated carbocycles. The number of aromatic nitrogens is 1. The first-order valence-electron chi connectivity index (χ1n) is 3.93. The van der Waals surface area contributed by atoms with E-state index in [0.29, 0.717) is 4.60 Å². The van der Waals surface area contributed by atoms with E-state index >= 15 is 0 Å². The molecule has 1 rings (SSSR count). The fourth-order valence-corrected chi connectivity index (χ4v) is 1.13. The van der Waals surface area contributed by atoms with Crippen molar-refractivity contribution in [1.82, 2.24) is 4.73 Å². The predicted octanol–water partition coefficient (Wildman–Crippen LogP) is 1.55. The van der Waals surface area contributed by atoms with Crippen molar-refractivity contribution < 1.29 is 14.7 Å². The maximum Gasteiger partial charge on any atom is 0.435 e. The van der Waals surface area contributed by atoms with Crippen LogP contribution in [0.1, 0.15) is 6.92 Å². The molecule has 0 radical (unpaired) electrons. The van der Waals surface area contributed by atoms with Crippen LogP contribution in [0.4, 0.5) is 4.79 Å². The molecule has 1 aromatic rings. The molecule has 1 N–H and O–H groups in total. The molecular formula is C8H9BrN2O3. The Bertz CT molecular complexity index is 400. The van der Waals surface area contributed by atoms with Crippen molar-refractivity contribution in [2.75, 3.05) is 6.61 Å². The molecule has 0 atom stereocenters. The highest BCUT2D eigenvalue weighted by molar-refractivity contribution is 9.10. The lowest BCUT2D eigenvalue weighted by atomic mass is 10.5. The van der Waals surface area contributed by atoms with E-state index in [0.717, 1.165) is 4.73 Å². The van der Waals surface area contributed by atoms with Crippen molar-refractivity contribution in [3.05, 3.63) is 28.3 Å². The second kappa shape index (κ2) is 4.80. The van der Waals surface area contributed by atoms with Crippen LogP contribution in [0, 0.1) is 0 Å². The molecule has 0 aliphatic rings. The highest BCUT2D eigenvalue weighted by Gasteiger charge is 1.99. The van der Waals surface area contributed by atoms with Gasteiger partial charge in [-0.2, -0.15) is 9.72 Å². The summed E-state index contributed by atoms with van der Waals surface area (Å²) in [4.78, 5) is 14.5. The minimum absolute atomic E-state index is 0.109. The molecule has 0 bridgehead atoms. The van der Waals surface area contributed by atoms with Crippen LogP contribution in [-0.2, 0) is 4.74 Å². The molecule has 14 heavy (non-hydrogen) atoms. The summed E-state index contributed by atoms with van der Waals surface area (Å²) in [6.07, 6.45) is -0.728. The topological polar surface area (TPSA) is 63.8 Å². The molecule has 1 amide bonds. The van der Waals surface area contributed by atoms with Gasteiger partial charge >= 0.3 is 6.09 Å². The molecule has 1 heterocycles. The third-order valence-corrected chi connectivity index (χ3v) is 1.97. The number of carbonyl (C=O) groups excluding carboxylic acids is 1. The van der Waals surface area contributed by atoms with Gasteiger partial charge < -0.3 is 9.94 Å². The Morgan fingerprint density at radius 2 is 2.43 bits per heavy atom. The van der Waals surface area contributed by atoms with Crippen LogP contribution >= 0.6 is 15.9 Å². The van der Waals surface area contributed by atoms with Gasteiger partial charge in [0, 0.05) is 0 Å². The number of halogens is 1. The quantitative estimate of drug-likeness (QED) is 0.616. The van der Waals surface area contributed by atoms with Crippen LogP contribution in [-0.4, -0.2) is 22.6 Å². The second-order valence-electron chi connectivity index (χ2n) is 2.33. The first-order valence-corrected chi connectivity index (χ1v) is 4.72. The van der Waals surface area contributed by atoms with Crippen LogP contribution in [0.5, 0.6) is 0 Å². The fraction of sp³-hybridized carbons (Fsp3) is 0.250. The summed E-state index contributed by atoms with van der Waals surface area (Å²) in [6, 6.07) is 4.75.